The number of hydrogen-bond acceptors (Lipinski definition) is 4. The van der Waals surface area contributed by atoms with Gasteiger partial charge in [-0.2, -0.15) is 0 Å². The van der Waals surface area contributed by atoms with Crippen LogP contribution in [0.25, 0.3) is 0 Å². The van der Waals surface area contributed by atoms with Crippen molar-refractivity contribution in [3.05, 3.63) is 12.4 Å². The van der Waals surface area contributed by atoms with E-state index in [9.17, 15) is 0 Å². The zero-order valence-corrected chi connectivity index (χ0v) is 8.70. The van der Waals surface area contributed by atoms with Crippen molar-refractivity contribution in [2.75, 3.05) is 30.9 Å². The number of nitrogens with zero attached hydrogens (tertiary/aromatic N) is 3. The molecule has 0 aliphatic heterocycles. The fraction of sp³-hybridized carbons (Fsp3) is 0.600. The fourth-order valence-corrected chi connectivity index (χ4v) is 1.26. The Morgan fingerprint density at radius 3 is 2.86 bits per heavy atom. The van der Waals surface area contributed by atoms with Crippen molar-refractivity contribution in [3.8, 4) is 0 Å². The van der Waals surface area contributed by atoms with Gasteiger partial charge in [-0.3, -0.25) is 0 Å². The molecule has 0 bridgehead atoms. The molecule has 0 amide bonds. The standard InChI is InChI=1S/C10H16N4/c1-14(2)10-5-9(12-7-13-10)11-6-8-3-4-8/h5,7-8H,3-4,6H2,1-2H3,(H,11,12,13). The first-order valence-corrected chi connectivity index (χ1v) is 4.99. The lowest BCUT2D eigenvalue weighted by Crippen LogP contribution is -2.12. The summed E-state index contributed by atoms with van der Waals surface area (Å²) in [6, 6.07) is 1.97. The molecule has 1 aromatic heterocycles. The van der Waals surface area contributed by atoms with Gasteiger partial charge in [-0.25, -0.2) is 9.97 Å². The van der Waals surface area contributed by atoms with E-state index in [1.54, 1.807) is 6.33 Å². The second-order valence-corrected chi connectivity index (χ2v) is 3.98. The summed E-state index contributed by atoms with van der Waals surface area (Å²) in [4.78, 5) is 10.3. The third kappa shape index (κ3) is 2.34. The van der Waals surface area contributed by atoms with Crippen LogP contribution in [0.5, 0.6) is 0 Å². The van der Waals surface area contributed by atoms with Crippen LogP contribution in [0.2, 0.25) is 0 Å². The Kier molecular flexibility index (Phi) is 2.52. The average molecular weight is 192 g/mol. The van der Waals surface area contributed by atoms with Gasteiger partial charge in [0, 0.05) is 26.7 Å². The molecule has 1 aromatic rings. The van der Waals surface area contributed by atoms with Gasteiger partial charge >= 0.3 is 0 Å². The molecular formula is C10H16N4. The molecule has 0 unspecified atom stereocenters. The largest absolute Gasteiger partial charge is 0.370 e. The van der Waals surface area contributed by atoms with Gasteiger partial charge in [0.05, 0.1) is 0 Å². The molecule has 1 heterocycles. The highest BCUT2D eigenvalue weighted by Crippen LogP contribution is 2.28. The van der Waals surface area contributed by atoms with Crippen LogP contribution < -0.4 is 10.2 Å². The third-order valence-corrected chi connectivity index (χ3v) is 2.38. The third-order valence-electron chi connectivity index (χ3n) is 2.38. The lowest BCUT2D eigenvalue weighted by Gasteiger charge is -2.12. The minimum atomic E-state index is 0.868. The Labute approximate surface area is 84.4 Å². The Bertz CT molecular complexity index is 307. The Hall–Kier alpha value is -1.32. The lowest BCUT2D eigenvalue weighted by molar-refractivity contribution is 0.880. The summed E-state index contributed by atoms with van der Waals surface area (Å²) in [6.07, 6.45) is 4.32. The SMILES string of the molecule is CN(C)c1cc(NCC2CC2)ncn1. The van der Waals surface area contributed by atoms with E-state index in [-0.39, 0.29) is 0 Å². The molecular weight excluding hydrogens is 176 g/mol. The van der Waals surface area contributed by atoms with Crippen molar-refractivity contribution in [1.29, 1.82) is 0 Å². The monoisotopic (exact) mass is 192 g/mol. The average Bonchev–Trinajstić information content (AvgIpc) is 2.99. The molecule has 0 radical (unpaired) electrons. The summed E-state index contributed by atoms with van der Waals surface area (Å²) in [7, 11) is 3.96. The van der Waals surface area contributed by atoms with E-state index in [0.717, 1.165) is 24.1 Å². The van der Waals surface area contributed by atoms with E-state index in [1.807, 2.05) is 25.1 Å². The predicted octanol–water partition coefficient (Wildman–Crippen LogP) is 1.36. The van der Waals surface area contributed by atoms with Gasteiger partial charge in [-0.15, -0.1) is 0 Å². The summed E-state index contributed by atoms with van der Waals surface area (Å²) >= 11 is 0. The first-order valence-electron chi connectivity index (χ1n) is 4.99. The second kappa shape index (κ2) is 3.82. The molecule has 0 aromatic carbocycles. The number of hydrogen-bond donors (Lipinski definition) is 1. The molecule has 0 atom stereocenters. The number of nitrogens with one attached hydrogen (secondary N) is 1. The molecule has 0 saturated heterocycles. The summed E-state index contributed by atoms with van der Waals surface area (Å²) in [6.45, 7) is 1.05. The Morgan fingerprint density at radius 1 is 1.43 bits per heavy atom. The maximum absolute atomic E-state index is 4.17. The molecule has 1 fully saturated rings. The van der Waals surface area contributed by atoms with Gasteiger partial charge in [-0.1, -0.05) is 0 Å². The van der Waals surface area contributed by atoms with Crippen LogP contribution >= 0.6 is 0 Å². The highest BCUT2D eigenvalue weighted by molar-refractivity contribution is 5.47. The fourth-order valence-electron chi connectivity index (χ4n) is 1.26. The minimum absolute atomic E-state index is 0.868. The van der Waals surface area contributed by atoms with E-state index < -0.39 is 0 Å². The van der Waals surface area contributed by atoms with Crippen molar-refractivity contribution in [3.63, 3.8) is 0 Å². The Balaban J connectivity index is 1.97. The van der Waals surface area contributed by atoms with Crippen molar-refractivity contribution in [2.24, 2.45) is 5.92 Å². The number of aromatic nitrogens is 2. The van der Waals surface area contributed by atoms with Crippen LogP contribution in [-0.4, -0.2) is 30.6 Å². The maximum Gasteiger partial charge on any atom is 0.133 e. The van der Waals surface area contributed by atoms with Gasteiger partial charge in [0.15, 0.2) is 0 Å². The molecule has 0 spiro atoms. The second-order valence-electron chi connectivity index (χ2n) is 3.98. The zero-order chi connectivity index (χ0) is 9.97. The molecule has 76 valence electrons. The van der Waals surface area contributed by atoms with Crippen LogP contribution in [-0.2, 0) is 0 Å². The van der Waals surface area contributed by atoms with Gasteiger partial charge in [-0.05, 0) is 18.8 Å². The molecule has 1 aliphatic carbocycles. The van der Waals surface area contributed by atoms with Crippen molar-refractivity contribution in [2.45, 2.75) is 12.8 Å². The quantitative estimate of drug-likeness (QED) is 0.782. The first kappa shape index (κ1) is 9.24. The van der Waals surface area contributed by atoms with E-state index in [4.69, 9.17) is 0 Å². The Morgan fingerprint density at radius 2 is 2.21 bits per heavy atom. The number of rotatable bonds is 4. The normalized spacial score (nSPS) is 15.3. The summed E-state index contributed by atoms with van der Waals surface area (Å²) in [5, 5.41) is 3.32. The van der Waals surface area contributed by atoms with E-state index in [2.05, 4.69) is 15.3 Å². The predicted molar refractivity (Wildman–Crippen MR) is 57.6 cm³/mol. The molecule has 1 N–H and O–H groups in total. The molecule has 2 rings (SSSR count). The van der Waals surface area contributed by atoms with E-state index >= 15 is 0 Å². The highest BCUT2D eigenvalue weighted by Gasteiger charge is 2.20. The maximum atomic E-state index is 4.17. The minimum Gasteiger partial charge on any atom is -0.370 e. The summed E-state index contributed by atoms with van der Waals surface area (Å²) in [5.41, 5.74) is 0. The van der Waals surface area contributed by atoms with Crippen molar-refractivity contribution < 1.29 is 0 Å². The van der Waals surface area contributed by atoms with Gasteiger partial charge in [0.1, 0.15) is 18.0 Å². The van der Waals surface area contributed by atoms with E-state index in [0.29, 0.717) is 0 Å². The molecule has 1 saturated carbocycles. The smallest absolute Gasteiger partial charge is 0.133 e. The summed E-state index contributed by atoms with van der Waals surface area (Å²) in [5.74, 6) is 2.74. The van der Waals surface area contributed by atoms with Crippen LogP contribution in [0.4, 0.5) is 11.6 Å². The van der Waals surface area contributed by atoms with Gasteiger partial charge < -0.3 is 10.2 Å². The topological polar surface area (TPSA) is 41.0 Å². The van der Waals surface area contributed by atoms with Gasteiger partial charge in [0.2, 0.25) is 0 Å². The van der Waals surface area contributed by atoms with Crippen LogP contribution in [0, 0.1) is 5.92 Å². The molecule has 4 heteroatoms. The van der Waals surface area contributed by atoms with Gasteiger partial charge in [0.25, 0.3) is 0 Å². The molecule has 4 nitrogen and oxygen atoms in total. The highest BCUT2D eigenvalue weighted by atomic mass is 15.2. The molecule has 1 aliphatic rings. The van der Waals surface area contributed by atoms with Crippen molar-refractivity contribution >= 4 is 11.6 Å². The molecule has 14 heavy (non-hydrogen) atoms. The van der Waals surface area contributed by atoms with E-state index in [1.165, 1.54) is 12.8 Å². The van der Waals surface area contributed by atoms with Crippen LogP contribution in [0.15, 0.2) is 12.4 Å². The van der Waals surface area contributed by atoms with Crippen LogP contribution in [0.3, 0.4) is 0 Å². The first-order chi connectivity index (χ1) is 6.75. The summed E-state index contributed by atoms with van der Waals surface area (Å²) < 4.78 is 0. The zero-order valence-electron chi connectivity index (χ0n) is 8.70. The van der Waals surface area contributed by atoms with Crippen LogP contribution in [0.1, 0.15) is 12.8 Å². The van der Waals surface area contributed by atoms with Crippen molar-refractivity contribution in [1.82, 2.24) is 9.97 Å². The number of anilines is 2. The lowest BCUT2D eigenvalue weighted by atomic mass is 10.4.